The van der Waals surface area contributed by atoms with Crippen LogP contribution in [0.5, 0.6) is 0 Å². The van der Waals surface area contributed by atoms with Crippen LogP contribution >= 0.6 is 0 Å². The summed E-state index contributed by atoms with van der Waals surface area (Å²) < 4.78 is 19.0. The van der Waals surface area contributed by atoms with Crippen LogP contribution in [-0.4, -0.2) is 46.0 Å². The molecule has 0 spiro atoms. The zero-order valence-corrected chi connectivity index (χ0v) is 14.2. The second-order valence-corrected chi connectivity index (χ2v) is 5.96. The van der Waals surface area contributed by atoms with E-state index in [4.69, 9.17) is 9.84 Å². The van der Waals surface area contributed by atoms with Gasteiger partial charge in [-0.25, -0.2) is 4.39 Å². The van der Waals surface area contributed by atoms with Crippen molar-refractivity contribution in [2.75, 3.05) is 13.7 Å². The van der Waals surface area contributed by atoms with Crippen LogP contribution < -0.4 is 10.9 Å². The number of carbonyl (C=O) groups excluding carboxylic acids is 1. The topological polar surface area (TPSA) is 111 Å². The lowest BCUT2D eigenvalue weighted by molar-refractivity contribution is -0.139. The number of aromatic nitrogens is 2. The van der Waals surface area contributed by atoms with Crippen molar-refractivity contribution in [1.82, 2.24) is 15.1 Å². The number of amides is 1. The molecule has 1 aromatic heterocycles. The summed E-state index contributed by atoms with van der Waals surface area (Å²) in [7, 11) is 1.39. The molecule has 1 heterocycles. The molecule has 0 saturated heterocycles. The van der Waals surface area contributed by atoms with Crippen LogP contribution in [0.1, 0.15) is 23.8 Å². The van der Waals surface area contributed by atoms with Crippen LogP contribution in [0.25, 0.3) is 5.69 Å². The van der Waals surface area contributed by atoms with E-state index >= 15 is 0 Å². The Morgan fingerprint density at radius 2 is 1.92 bits per heavy atom. The number of rotatable bonds is 7. The molecular weight excluding hydrogens is 345 g/mol. The first-order chi connectivity index (χ1) is 12.2. The van der Waals surface area contributed by atoms with E-state index in [1.54, 1.807) is 0 Å². The normalized spacial score (nSPS) is 13.0. The summed E-state index contributed by atoms with van der Waals surface area (Å²) >= 11 is 0. The minimum Gasteiger partial charge on any atom is -0.481 e. The molecule has 0 bridgehead atoms. The standard InChI is InChI=1S/C17H18FN3O5/c1-17(10-26-2,9-15(23)24)19-16(25)13-7-8-14(22)21(20-13)12-5-3-11(18)4-6-12/h3-8H,9-10H2,1-2H3,(H,19,25)(H,23,24). The van der Waals surface area contributed by atoms with Gasteiger partial charge in [-0.15, -0.1) is 0 Å². The Labute approximate surface area is 148 Å². The van der Waals surface area contributed by atoms with Crippen LogP contribution in [0.15, 0.2) is 41.2 Å². The van der Waals surface area contributed by atoms with Gasteiger partial charge in [-0.3, -0.25) is 14.4 Å². The van der Waals surface area contributed by atoms with Gasteiger partial charge >= 0.3 is 5.97 Å². The third-order valence-corrected chi connectivity index (χ3v) is 3.52. The van der Waals surface area contributed by atoms with Gasteiger partial charge in [0.05, 0.1) is 24.3 Å². The second kappa shape index (κ2) is 7.87. The lowest BCUT2D eigenvalue weighted by Gasteiger charge is -2.28. The number of hydrogen-bond donors (Lipinski definition) is 2. The summed E-state index contributed by atoms with van der Waals surface area (Å²) in [6.45, 7) is 1.50. The fraction of sp³-hybridized carbons (Fsp3) is 0.294. The van der Waals surface area contributed by atoms with Crippen LogP contribution in [0.2, 0.25) is 0 Å². The maximum Gasteiger partial charge on any atom is 0.305 e. The number of carbonyl (C=O) groups is 2. The number of nitrogens with one attached hydrogen (secondary N) is 1. The monoisotopic (exact) mass is 363 g/mol. The van der Waals surface area contributed by atoms with E-state index in [1.165, 1.54) is 44.4 Å². The van der Waals surface area contributed by atoms with Crippen molar-refractivity contribution in [3.63, 3.8) is 0 Å². The van der Waals surface area contributed by atoms with Crippen molar-refractivity contribution in [3.8, 4) is 5.69 Å². The van der Waals surface area contributed by atoms with E-state index in [1.807, 2.05) is 0 Å². The fourth-order valence-electron chi connectivity index (χ4n) is 2.42. The van der Waals surface area contributed by atoms with Gasteiger partial charge in [0.2, 0.25) is 0 Å². The van der Waals surface area contributed by atoms with Crippen LogP contribution in [0.4, 0.5) is 4.39 Å². The zero-order chi connectivity index (χ0) is 19.3. The molecule has 26 heavy (non-hydrogen) atoms. The number of halogens is 1. The molecule has 0 aliphatic rings. The first-order valence-corrected chi connectivity index (χ1v) is 7.64. The number of methoxy groups -OCH3 is 1. The summed E-state index contributed by atoms with van der Waals surface area (Å²) in [6.07, 6.45) is -0.357. The number of carboxylic acids is 1. The summed E-state index contributed by atoms with van der Waals surface area (Å²) in [5.41, 5.74) is -1.47. The van der Waals surface area contributed by atoms with Crippen LogP contribution in [0.3, 0.4) is 0 Å². The number of benzene rings is 1. The van der Waals surface area contributed by atoms with Crippen LogP contribution in [-0.2, 0) is 9.53 Å². The molecule has 0 aliphatic carbocycles. The van der Waals surface area contributed by atoms with Crippen LogP contribution in [0, 0.1) is 5.82 Å². The summed E-state index contributed by atoms with van der Waals surface area (Å²) in [5.74, 6) is -2.24. The van der Waals surface area contributed by atoms with Gasteiger partial charge < -0.3 is 15.2 Å². The van der Waals surface area contributed by atoms with E-state index in [0.717, 1.165) is 10.7 Å². The minimum atomic E-state index is -1.16. The Morgan fingerprint density at radius 3 is 2.50 bits per heavy atom. The maximum atomic E-state index is 13.0. The van der Waals surface area contributed by atoms with Gasteiger partial charge in [0.25, 0.3) is 11.5 Å². The smallest absolute Gasteiger partial charge is 0.305 e. The van der Waals surface area contributed by atoms with E-state index in [9.17, 15) is 18.8 Å². The van der Waals surface area contributed by atoms with Gasteiger partial charge in [-0.2, -0.15) is 9.78 Å². The second-order valence-electron chi connectivity index (χ2n) is 5.96. The molecule has 0 fully saturated rings. The predicted molar refractivity (Wildman–Crippen MR) is 89.8 cm³/mol. The molecular formula is C17H18FN3O5. The van der Waals surface area contributed by atoms with Crippen molar-refractivity contribution in [2.45, 2.75) is 18.9 Å². The highest BCUT2D eigenvalue weighted by Crippen LogP contribution is 2.12. The predicted octanol–water partition coefficient (Wildman–Crippen LogP) is 0.981. The first-order valence-electron chi connectivity index (χ1n) is 7.64. The lowest BCUT2D eigenvalue weighted by atomic mass is 9.98. The average Bonchev–Trinajstić information content (AvgIpc) is 2.55. The summed E-state index contributed by atoms with van der Waals surface area (Å²) in [4.78, 5) is 35.5. The molecule has 138 valence electrons. The average molecular weight is 363 g/mol. The van der Waals surface area contributed by atoms with Gasteiger partial charge in [-0.1, -0.05) is 0 Å². The van der Waals surface area contributed by atoms with Gasteiger partial charge in [0.1, 0.15) is 11.5 Å². The molecule has 8 nitrogen and oxygen atoms in total. The maximum absolute atomic E-state index is 13.0. The number of ether oxygens (including phenoxy) is 1. The zero-order valence-electron chi connectivity index (χ0n) is 14.2. The number of hydrogen-bond acceptors (Lipinski definition) is 5. The molecule has 0 radical (unpaired) electrons. The molecule has 2 rings (SSSR count). The molecule has 1 unspecified atom stereocenters. The van der Waals surface area contributed by atoms with Gasteiger partial charge in [0.15, 0.2) is 0 Å². The Kier molecular flexibility index (Phi) is 5.83. The largest absolute Gasteiger partial charge is 0.481 e. The Morgan fingerprint density at radius 1 is 1.27 bits per heavy atom. The Hall–Kier alpha value is -3.07. The SMILES string of the molecule is COCC(C)(CC(=O)O)NC(=O)c1ccc(=O)n(-c2ccc(F)cc2)n1. The van der Waals surface area contributed by atoms with E-state index in [2.05, 4.69) is 10.4 Å². The van der Waals surface area contributed by atoms with Crippen molar-refractivity contribution in [3.05, 3.63) is 58.3 Å². The third-order valence-electron chi connectivity index (χ3n) is 3.52. The summed E-state index contributed by atoms with van der Waals surface area (Å²) in [5, 5.41) is 15.6. The molecule has 1 amide bonds. The van der Waals surface area contributed by atoms with Crippen molar-refractivity contribution < 1.29 is 23.8 Å². The molecule has 9 heteroatoms. The molecule has 2 aromatic rings. The van der Waals surface area contributed by atoms with Crippen molar-refractivity contribution in [1.29, 1.82) is 0 Å². The van der Waals surface area contributed by atoms with Gasteiger partial charge in [0, 0.05) is 13.2 Å². The number of nitrogens with zero attached hydrogens (tertiary/aromatic N) is 2. The third kappa shape index (κ3) is 4.73. The fourth-order valence-corrected chi connectivity index (χ4v) is 2.42. The molecule has 0 aliphatic heterocycles. The van der Waals surface area contributed by atoms with E-state index in [-0.39, 0.29) is 24.4 Å². The molecule has 1 aromatic carbocycles. The highest BCUT2D eigenvalue weighted by atomic mass is 19.1. The van der Waals surface area contributed by atoms with E-state index in [0.29, 0.717) is 0 Å². The van der Waals surface area contributed by atoms with Crippen molar-refractivity contribution >= 4 is 11.9 Å². The Bertz CT molecular complexity index is 865. The first kappa shape index (κ1) is 19.3. The molecule has 2 N–H and O–H groups in total. The molecule has 1 atom stereocenters. The highest BCUT2D eigenvalue weighted by Gasteiger charge is 2.30. The number of aliphatic carboxylic acids is 1. The molecule has 0 saturated carbocycles. The highest BCUT2D eigenvalue weighted by molar-refractivity contribution is 5.93. The van der Waals surface area contributed by atoms with E-state index < -0.39 is 28.8 Å². The van der Waals surface area contributed by atoms with Crippen molar-refractivity contribution in [2.24, 2.45) is 0 Å². The lowest BCUT2D eigenvalue weighted by Crippen LogP contribution is -2.51. The van der Waals surface area contributed by atoms with Gasteiger partial charge in [-0.05, 0) is 37.3 Å². The Balaban J connectivity index is 2.32. The summed E-state index contributed by atoms with van der Waals surface area (Å²) in [6, 6.07) is 7.41. The number of carboxylic acid groups (broad SMARTS) is 1. The quantitative estimate of drug-likeness (QED) is 0.759. The minimum absolute atomic E-state index is 0.0252.